The predicted octanol–water partition coefficient (Wildman–Crippen LogP) is 5.81. The zero-order chi connectivity index (χ0) is 26.7. The number of aryl methyl sites for hydroxylation is 1. The van der Waals surface area contributed by atoms with Crippen molar-refractivity contribution in [2.45, 2.75) is 13.8 Å². The fourth-order valence-corrected chi connectivity index (χ4v) is 3.54. The minimum absolute atomic E-state index is 0.180. The Balaban J connectivity index is 1.30. The number of hydrogen-bond acceptors (Lipinski definition) is 6. The van der Waals surface area contributed by atoms with E-state index >= 15 is 0 Å². The smallest absolute Gasteiger partial charge is 0.343 e. The number of nitrogens with one attached hydrogen (secondary N) is 1. The van der Waals surface area contributed by atoms with Crippen LogP contribution in [0, 0.1) is 6.92 Å². The molecule has 0 fully saturated rings. The van der Waals surface area contributed by atoms with Crippen molar-refractivity contribution >= 4 is 18.1 Å². The molecule has 0 saturated heterocycles. The Morgan fingerprint density at radius 3 is 2.24 bits per heavy atom. The average Bonchev–Trinajstić information content (AvgIpc) is 2.94. The lowest BCUT2D eigenvalue weighted by molar-refractivity contribution is -0.123. The van der Waals surface area contributed by atoms with E-state index < -0.39 is 11.9 Å². The molecule has 0 radical (unpaired) electrons. The van der Waals surface area contributed by atoms with Crippen molar-refractivity contribution < 1.29 is 23.8 Å². The molecule has 0 bridgehead atoms. The maximum absolute atomic E-state index is 12.5. The maximum Gasteiger partial charge on any atom is 0.343 e. The summed E-state index contributed by atoms with van der Waals surface area (Å²) in [4.78, 5) is 24.7. The van der Waals surface area contributed by atoms with Gasteiger partial charge in [0.15, 0.2) is 18.1 Å². The molecule has 0 aliphatic carbocycles. The lowest BCUT2D eigenvalue weighted by atomic mass is 10.1. The van der Waals surface area contributed by atoms with Crippen molar-refractivity contribution in [3.05, 3.63) is 114 Å². The molecule has 0 heterocycles. The van der Waals surface area contributed by atoms with Crippen LogP contribution in [0.5, 0.6) is 17.2 Å². The number of hydrogen-bond donors (Lipinski definition) is 1. The van der Waals surface area contributed by atoms with Gasteiger partial charge in [0.25, 0.3) is 5.91 Å². The van der Waals surface area contributed by atoms with Gasteiger partial charge in [0.1, 0.15) is 5.75 Å². The second-order valence-electron chi connectivity index (χ2n) is 8.37. The van der Waals surface area contributed by atoms with Gasteiger partial charge in [-0.05, 0) is 73.0 Å². The summed E-state index contributed by atoms with van der Waals surface area (Å²) in [5, 5.41) is 3.99. The molecule has 0 aliphatic heterocycles. The molecule has 0 atom stereocenters. The first-order valence-corrected chi connectivity index (χ1v) is 12.2. The maximum atomic E-state index is 12.5. The van der Waals surface area contributed by atoms with E-state index in [0.29, 0.717) is 35.0 Å². The second kappa shape index (κ2) is 12.9. The molecule has 1 amide bonds. The summed E-state index contributed by atoms with van der Waals surface area (Å²) < 4.78 is 16.7. The van der Waals surface area contributed by atoms with Crippen LogP contribution >= 0.6 is 0 Å². The highest BCUT2D eigenvalue weighted by atomic mass is 16.6. The number of nitrogens with zero attached hydrogens (tertiary/aromatic N) is 1. The molecule has 0 aromatic heterocycles. The zero-order valence-corrected chi connectivity index (χ0v) is 21.2. The van der Waals surface area contributed by atoms with E-state index in [-0.39, 0.29) is 6.61 Å². The molecule has 0 unspecified atom stereocenters. The summed E-state index contributed by atoms with van der Waals surface area (Å²) in [5.74, 6) is 0.396. The minimum atomic E-state index is -0.477. The van der Waals surface area contributed by atoms with Gasteiger partial charge in [-0.25, -0.2) is 10.2 Å². The van der Waals surface area contributed by atoms with Gasteiger partial charge >= 0.3 is 5.97 Å². The lowest BCUT2D eigenvalue weighted by Gasteiger charge is -2.11. The summed E-state index contributed by atoms with van der Waals surface area (Å²) in [5.41, 5.74) is 6.77. The van der Waals surface area contributed by atoms with Crippen LogP contribution in [0.25, 0.3) is 11.1 Å². The Kier molecular flexibility index (Phi) is 8.86. The number of benzene rings is 4. The highest BCUT2D eigenvalue weighted by Crippen LogP contribution is 2.29. The quantitative estimate of drug-likeness (QED) is 0.126. The van der Waals surface area contributed by atoms with Gasteiger partial charge in [-0.15, -0.1) is 0 Å². The van der Waals surface area contributed by atoms with Crippen LogP contribution in [0.1, 0.15) is 28.4 Å². The van der Waals surface area contributed by atoms with E-state index in [0.717, 1.165) is 16.7 Å². The first kappa shape index (κ1) is 26.2. The van der Waals surface area contributed by atoms with Crippen LogP contribution in [0.15, 0.2) is 102 Å². The molecule has 4 aromatic rings. The molecular weight excluding hydrogens is 480 g/mol. The Bertz CT molecular complexity index is 1400. The third-order valence-corrected chi connectivity index (χ3v) is 5.49. The Morgan fingerprint density at radius 1 is 0.816 bits per heavy atom. The number of esters is 1. The average molecular weight is 509 g/mol. The number of ether oxygens (including phenoxy) is 3. The Labute approximate surface area is 221 Å². The van der Waals surface area contributed by atoms with Gasteiger partial charge in [0.05, 0.1) is 18.4 Å². The van der Waals surface area contributed by atoms with Gasteiger partial charge in [0, 0.05) is 0 Å². The summed E-state index contributed by atoms with van der Waals surface area (Å²) in [6.45, 7) is 3.99. The summed E-state index contributed by atoms with van der Waals surface area (Å²) in [6.07, 6.45) is 1.47. The van der Waals surface area contributed by atoms with Crippen molar-refractivity contribution in [3.8, 4) is 28.4 Å². The standard InChI is InChI=1S/C31H28N2O5/c1-3-36-29-19-23(11-18-28(29)38-31(35)26-12-9-22(2)10-13-26)20-32-33-30(34)21-37-27-16-14-25(15-17-27)24-7-5-4-6-8-24/h4-20H,3,21H2,1-2H3,(H,33,34)/b32-20-. The molecule has 192 valence electrons. The fourth-order valence-electron chi connectivity index (χ4n) is 3.54. The van der Waals surface area contributed by atoms with Crippen molar-refractivity contribution in [1.29, 1.82) is 0 Å². The predicted molar refractivity (Wildman–Crippen MR) is 147 cm³/mol. The third kappa shape index (κ3) is 7.30. The van der Waals surface area contributed by atoms with Crippen molar-refractivity contribution in [3.63, 3.8) is 0 Å². The number of carbonyl (C=O) groups is 2. The van der Waals surface area contributed by atoms with E-state index in [9.17, 15) is 9.59 Å². The molecular formula is C31H28N2O5. The van der Waals surface area contributed by atoms with Crippen molar-refractivity contribution in [2.24, 2.45) is 5.10 Å². The third-order valence-electron chi connectivity index (χ3n) is 5.49. The van der Waals surface area contributed by atoms with Crippen LogP contribution < -0.4 is 19.6 Å². The molecule has 38 heavy (non-hydrogen) atoms. The molecule has 1 N–H and O–H groups in total. The molecule has 0 aliphatic rings. The Hall–Kier alpha value is -4.91. The van der Waals surface area contributed by atoms with Gasteiger partial charge < -0.3 is 14.2 Å². The molecule has 0 spiro atoms. The van der Waals surface area contributed by atoms with Crippen LogP contribution in [-0.2, 0) is 4.79 Å². The molecule has 7 heteroatoms. The SMILES string of the molecule is CCOc1cc(/C=N\NC(=O)COc2ccc(-c3ccccc3)cc2)ccc1OC(=O)c1ccc(C)cc1. The van der Waals surface area contributed by atoms with Gasteiger partial charge in [-0.1, -0.05) is 60.2 Å². The number of amides is 1. The normalized spacial score (nSPS) is 10.7. The van der Waals surface area contributed by atoms with Gasteiger partial charge in [-0.2, -0.15) is 5.10 Å². The minimum Gasteiger partial charge on any atom is -0.490 e. The van der Waals surface area contributed by atoms with E-state index in [1.165, 1.54) is 6.21 Å². The lowest BCUT2D eigenvalue weighted by Crippen LogP contribution is -2.24. The molecule has 4 rings (SSSR count). The summed E-state index contributed by atoms with van der Waals surface area (Å²) in [6, 6.07) is 29.7. The number of hydrazone groups is 1. The zero-order valence-electron chi connectivity index (χ0n) is 21.2. The summed E-state index contributed by atoms with van der Waals surface area (Å²) in [7, 11) is 0. The van der Waals surface area contributed by atoms with Crippen LogP contribution in [0.4, 0.5) is 0 Å². The van der Waals surface area contributed by atoms with Crippen molar-refractivity contribution in [1.82, 2.24) is 5.43 Å². The second-order valence-corrected chi connectivity index (χ2v) is 8.37. The van der Waals surface area contributed by atoms with Gasteiger partial charge in [0.2, 0.25) is 0 Å². The highest BCUT2D eigenvalue weighted by molar-refractivity contribution is 5.91. The van der Waals surface area contributed by atoms with E-state index in [1.54, 1.807) is 30.3 Å². The van der Waals surface area contributed by atoms with Crippen molar-refractivity contribution in [2.75, 3.05) is 13.2 Å². The van der Waals surface area contributed by atoms with Gasteiger partial charge in [-0.3, -0.25) is 4.79 Å². The van der Waals surface area contributed by atoms with E-state index in [4.69, 9.17) is 14.2 Å². The number of carbonyl (C=O) groups excluding carboxylic acids is 2. The van der Waals surface area contributed by atoms with Crippen LogP contribution in [0.2, 0.25) is 0 Å². The number of rotatable bonds is 10. The molecule has 7 nitrogen and oxygen atoms in total. The highest BCUT2D eigenvalue weighted by Gasteiger charge is 2.13. The largest absolute Gasteiger partial charge is 0.490 e. The topological polar surface area (TPSA) is 86.2 Å². The van der Waals surface area contributed by atoms with Crippen LogP contribution in [0.3, 0.4) is 0 Å². The van der Waals surface area contributed by atoms with E-state index in [2.05, 4.69) is 10.5 Å². The monoisotopic (exact) mass is 508 g/mol. The van der Waals surface area contributed by atoms with Crippen LogP contribution in [-0.4, -0.2) is 31.3 Å². The summed E-state index contributed by atoms with van der Waals surface area (Å²) >= 11 is 0. The fraction of sp³-hybridized carbons (Fsp3) is 0.129. The van der Waals surface area contributed by atoms with E-state index in [1.807, 2.05) is 80.6 Å². The first-order chi connectivity index (χ1) is 18.5. The first-order valence-electron chi connectivity index (χ1n) is 12.2. The molecule has 4 aromatic carbocycles. The Morgan fingerprint density at radius 2 is 1.53 bits per heavy atom. The molecule has 0 saturated carbocycles.